The summed E-state index contributed by atoms with van der Waals surface area (Å²) in [6, 6.07) is 12.6. The van der Waals surface area contributed by atoms with Gasteiger partial charge in [0.05, 0.1) is 0 Å². The van der Waals surface area contributed by atoms with Gasteiger partial charge in [-0.1, -0.05) is 45.7 Å². The van der Waals surface area contributed by atoms with Crippen LogP contribution in [0.1, 0.15) is 28.3 Å². The lowest BCUT2D eigenvalue weighted by atomic mass is 9.93. The Hall–Kier alpha value is -0.830. The van der Waals surface area contributed by atoms with Crippen molar-refractivity contribution in [3.63, 3.8) is 0 Å². The SMILES string of the molecule is CNC(Cc1c(C)cccc1C)c1cc(Br)ccc1Cl. The maximum atomic E-state index is 6.35. The topological polar surface area (TPSA) is 12.0 Å². The second kappa shape index (κ2) is 6.75. The summed E-state index contributed by atoms with van der Waals surface area (Å²) in [4.78, 5) is 0. The minimum atomic E-state index is 0.208. The first-order chi connectivity index (χ1) is 9.52. The summed E-state index contributed by atoms with van der Waals surface area (Å²) in [5, 5.41) is 4.19. The number of benzene rings is 2. The van der Waals surface area contributed by atoms with Crippen LogP contribution in [0.25, 0.3) is 0 Å². The van der Waals surface area contributed by atoms with Crippen molar-refractivity contribution in [1.29, 1.82) is 0 Å². The van der Waals surface area contributed by atoms with E-state index in [1.165, 1.54) is 16.7 Å². The molecule has 0 heterocycles. The fourth-order valence-electron chi connectivity index (χ4n) is 2.52. The Morgan fingerprint density at radius 1 is 1.15 bits per heavy atom. The highest BCUT2D eigenvalue weighted by Crippen LogP contribution is 2.30. The normalized spacial score (nSPS) is 12.4. The Kier molecular flexibility index (Phi) is 5.25. The minimum Gasteiger partial charge on any atom is -0.313 e. The van der Waals surface area contributed by atoms with Crippen molar-refractivity contribution in [2.45, 2.75) is 26.3 Å². The van der Waals surface area contributed by atoms with Crippen molar-refractivity contribution in [2.75, 3.05) is 7.05 Å². The summed E-state index contributed by atoms with van der Waals surface area (Å²) >= 11 is 9.88. The molecule has 2 aromatic carbocycles. The van der Waals surface area contributed by atoms with Gasteiger partial charge in [0.15, 0.2) is 0 Å². The van der Waals surface area contributed by atoms with Gasteiger partial charge >= 0.3 is 0 Å². The Bertz CT molecular complexity index is 590. The molecule has 0 amide bonds. The first kappa shape index (κ1) is 15.6. The van der Waals surface area contributed by atoms with Crippen LogP contribution in [0, 0.1) is 13.8 Å². The molecule has 0 radical (unpaired) electrons. The second-order valence-corrected chi connectivity index (χ2v) is 6.40. The van der Waals surface area contributed by atoms with Crippen LogP contribution < -0.4 is 5.32 Å². The van der Waals surface area contributed by atoms with Crippen LogP contribution in [0.15, 0.2) is 40.9 Å². The van der Waals surface area contributed by atoms with Gasteiger partial charge in [0.25, 0.3) is 0 Å². The van der Waals surface area contributed by atoms with Gasteiger partial charge in [0.1, 0.15) is 0 Å². The standard InChI is InChI=1S/C17H19BrClN/c1-11-5-4-6-12(2)14(11)10-17(20-3)15-9-13(18)7-8-16(15)19/h4-9,17,20H,10H2,1-3H3. The van der Waals surface area contributed by atoms with Gasteiger partial charge in [0.2, 0.25) is 0 Å². The van der Waals surface area contributed by atoms with Gasteiger partial charge < -0.3 is 5.32 Å². The van der Waals surface area contributed by atoms with E-state index in [1.54, 1.807) is 0 Å². The zero-order chi connectivity index (χ0) is 14.7. The Balaban J connectivity index is 2.36. The van der Waals surface area contributed by atoms with Gasteiger partial charge in [-0.2, -0.15) is 0 Å². The number of rotatable bonds is 4. The molecule has 0 aliphatic heterocycles. The number of hydrogen-bond donors (Lipinski definition) is 1. The zero-order valence-electron chi connectivity index (χ0n) is 12.0. The minimum absolute atomic E-state index is 0.208. The molecule has 0 spiro atoms. The molecular weight excluding hydrogens is 334 g/mol. The monoisotopic (exact) mass is 351 g/mol. The molecule has 0 fully saturated rings. The van der Waals surface area contributed by atoms with E-state index in [1.807, 2.05) is 19.2 Å². The molecule has 1 unspecified atom stereocenters. The van der Waals surface area contributed by atoms with Crippen LogP contribution in [0.2, 0.25) is 5.02 Å². The van der Waals surface area contributed by atoms with Crippen LogP contribution in [-0.2, 0) is 6.42 Å². The van der Waals surface area contributed by atoms with Crippen molar-refractivity contribution in [1.82, 2.24) is 5.32 Å². The van der Waals surface area contributed by atoms with Gasteiger partial charge in [-0.3, -0.25) is 0 Å². The lowest BCUT2D eigenvalue weighted by Crippen LogP contribution is -2.20. The molecule has 0 bridgehead atoms. The van der Waals surface area contributed by atoms with Gasteiger partial charge in [-0.15, -0.1) is 0 Å². The van der Waals surface area contributed by atoms with E-state index >= 15 is 0 Å². The third kappa shape index (κ3) is 3.43. The summed E-state index contributed by atoms with van der Waals surface area (Å²) in [6.07, 6.45) is 0.936. The maximum absolute atomic E-state index is 6.35. The largest absolute Gasteiger partial charge is 0.313 e. The molecule has 1 N–H and O–H groups in total. The molecule has 2 rings (SSSR count). The quantitative estimate of drug-likeness (QED) is 0.795. The fraction of sp³-hybridized carbons (Fsp3) is 0.294. The molecule has 20 heavy (non-hydrogen) atoms. The number of halogens is 2. The predicted octanol–water partition coefficient (Wildman–Crippen LogP) is 5.22. The summed E-state index contributed by atoms with van der Waals surface area (Å²) < 4.78 is 1.05. The van der Waals surface area contributed by atoms with Crippen LogP contribution >= 0.6 is 27.5 Å². The molecule has 0 aliphatic rings. The summed E-state index contributed by atoms with van der Waals surface area (Å²) in [6.45, 7) is 4.33. The van der Waals surface area contributed by atoms with Crippen molar-refractivity contribution in [3.8, 4) is 0 Å². The molecule has 0 aromatic heterocycles. The van der Waals surface area contributed by atoms with Crippen molar-refractivity contribution >= 4 is 27.5 Å². The Labute approximate surface area is 134 Å². The van der Waals surface area contributed by atoms with Crippen molar-refractivity contribution < 1.29 is 0 Å². The highest BCUT2D eigenvalue weighted by Gasteiger charge is 2.16. The van der Waals surface area contributed by atoms with Crippen LogP contribution in [0.5, 0.6) is 0 Å². The third-order valence-electron chi connectivity index (χ3n) is 3.73. The van der Waals surface area contributed by atoms with Gasteiger partial charge in [0, 0.05) is 15.5 Å². The summed E-state index contributed by atoms with van der Waals surface area (Å²) in [7, 11) is 1.98. The summed E-state index contributed by atoms with van der Waals surface area (Å²) in [5.74, 6) is 0. The molecule has 0 saturated heterocycles. The number of nitrogens with one attached hydrogen (secondary N) is 1. The maximum Gasteiger partial charge on any atom is 0.0454 e. The first-order valence-electron chi connectivity index (χ1n) is 6.70. The van der Waals surface area contributed by atoms with E-state index in [9.17, 15) is 0 Å². The van der Waals surface area contributed by atoms with E-state index in [2.05, 4.69) is 59.4 Å². The third-order valence-corrected chi connectivity index (χ3v) is 4.57. The molecule has 1 nitrogen and oxygen atoms in total. The van der Waals surface area contributed by atoms with Crippen molar-refractivity contribution in [3.05, 3.63) is 68.1 Å². The predicted molar refractivity (Wildman–Crippen MR) is 90.6 cm³/mol. The first-order valence-corrected chi connectivity index (χ1v) is 7.87. The van der Waals surface area contributed by atoms with Crippen LogP contribution in [-0.4, -0.2) is 7.05 Å². The molecule has 2 aromatic rings. The van der Waals surface area contributed by atoms with Crippen LogP contribution in [0.4, 0.5) is 0 Å². The Morgan fingerprint density at radius 3 is 2.40 bits per heavy atom. The summed E-state index contributed by atoms with van der Waals surface area (Å²) in [5.41, 5.74) is 5.18. The zero-order valence-corrected chi connectivity index (χ0v) is 14.3. The van der Waals surface area contributed by atoms with E-state index in [0.29, 0.717) is 0 Å². The van der Waals surface area contributed by atoms with Crippen molar-refractivity contribution in [2.24, 2.45) is 0 Å². The van der Waals surface area contributed by atoms with Crippen LogP contribution in [0.3, 0.4) is 0 Å². The lowest BCUT2D eigenvalue weighted by Gasteiger charge is -2.21. The van der Waals surface area contributed by atoms with E-state index in [0.717, 1.165) is 21.5 Å². The molecule has 106 valence electrons. The molecular formula is C17H19BrClN. The molecule has 3 heteroatoms. The van der Waals surface area contributed by atoms with E-state index in [-0.39, 0.29) is 6.04 Å². The smallest absolute Gasteiger partial charge is 0.0454 e. The average Bonchev–Trinajstić information content (AvgIpc) is 2.42. The second-order valence-electron chi connectivity index (χ2n) is 5.08. The molecule has 1 atom stereocenters. The van der Waals surface area contributed by atoms with Gasteiger partial charge in [-0.05, 0) is 67.8 Å². The number of likely N-dealkylation sites (N-methyl/N-ethyl adjacent to an activating group) is 1. The Morgan fingerprint density at radius 2 is 1.80 bits per heavy atom. The highest BCUT2D eigenvalue weighted by molar-refractivity contribution is 9.10. The average molecular weight is 353 g/mol. The highest BCUT2D eigenvalue weighted by atomic mass is 79.9. The molecule has 0 saturated carbocycles. The lowest BCUT2D eigenvalue weighted by molar-refractivity contribution is 0.589. The fourth-order valence-corrected chi connectivity index (χ4v) is 3.15. The van der Waals surface area contributed by atoms with E-state index in [4.69, 9.17) is 11.6 Å². The number of aryl methyl sites for hydroxylation is 2. The number of hydrogen-bond acceptors (Lipinski definition) is 1. The van der Waals surface area contributed by atoms with Gasteiger partial charge in [-0.25, -0.2) is 0 Å². The van der Waals surface area contributed by atoms with E-state index < -0.39 is 0 Å². The molecule has 0 aliphatic carbocycles.